The Hall–Kier alpha value is -2.13. The summed E-state index contributed by atoms with van der Waals surface area (Å²) >= 11 is 1.53. The quantitative estimate of drug-likeness (QED) is 0.667. The maximum atomic E-state index is 12.4. The molecule has 0 unspecified atom stereocenters. The highest BCUT2D eigenvalue weighted by Crippen LogP contribution is 2.27. The lowest BCUT2D eigenvalue weighted by Gasteiger charge is -2.01. The van der Waals surface area contributed by atoms with Crippen molar-refractivity contribution in [1.29, 1.82) is 0 Å². The summed E-state index contributed by atoms with van der Waals surface area (Å²) in [4.78, 5) is 13.2. The number of hydrogen-bond donors (Lipinski definition) is 0. The Balaban J connectivity index is 1.98. The molecule has 3 aromatic rings. The molecule has 0 N–H and O–H groups in total. The van der Waals surface area contributed by atoms with Crippen LogP contribution in [0.15, 0.2) is 54.6 Å². The molecule has 0 amide bonds. The lowest BCUT2D eigenvalue weighted by molar-refractivity contribution is 0.104. The topological polar surface area (TPSA) is 26.3 Å². The highest BCUT2D eigenvalue weighted by molar-refractivity contribution is 7.21. The number of fused-ring (bicyclic) bond motifs is 1. The van der Waals surface area contributed by atoms with E-state index in [0.717, 1.165) is 20.7 Å². The van der Waals surface area contributed by atoms with Crippen LogP contribution in [0.2, 0.25) is 0 Å². The Bertz CT molecular complexity index is 693. The summed E-state index contributed by atoms with van der Waals surface area (Å²) in [6.45, 7) is 0. The van der Waals surface area contributed by atoms with Crippen molar-refractivity contribution in [3.8, 4) is 5.75 Å². The highest BCUT2D eigenvalue weighted by atomic mass is 32.1. The van der Waals surface area contributed by atoms with E-state index in [2.05, 4.69) is 0 Å². The number of rotatable bonds is 3. The van der Waals surface area contributed by atoms with E-state index >= 15 is 0 Å². The van der Waals surface area contributed by atoms with Gasteiger partial charge in [0.1, 0.15) is 5.75 Å². The fourth-order valence-electron chi connectivity index (χ4n) is 1.98. The molecule has 0 saturated heterocycles. The summed E-state index contributed by atoms with van der Waals surface area (Å²) in [5, 5.41) is 1.12. The standard InChI is InChI=1S/C16H12O2S/c1-18-13-8-6-11(7-9-13)16(17)15-10-12-4-2-3-5-14(12)19-15/h2-10H,1H3. The number of methoxy groups -OCH3 is 1. The second-order valence-electron chi connectivity index (χ2n) is 4.21. The minimum Gasteiger partial charge on any atom is -0.497 e. The van der Waals surface area contributed by atoms with E-state index in [9.17, 15) is 4.79 Å². The van der Waals surface area contributed by atoms with E-state index in [0.29, 0.717) is 5.56 Å². The first-order valence-corrected chi connectivity index (χ1v) is 6.77. The summed E-state index contributed by atoms with van der Waals surface area (Å²) in [7, 11) is 1.61. The molecular weight excluding hydrogens is 256 g/mol. The van der Waals surface area contributed by atoms with E-state index in [1.165, 1.54) is 11.3 Å². The maximum Gasteiger partial charge on any atom is 0.202 e. The zero-order valence-electron chi connectivity index (χ0n) is 10.4. The molecule has 0 radical (unpaired) electrons. The van der Waals surface area contributed by atoms with Gasteiger partial charge in [-0.1, -0.05) is 18.2 Å². The van der Waals surface area contributed by atoms with E-state index < -0.39 is 0 Å². The third-order valence-corrected chi connectivity index (χ3v) is 4.12. The average molecular weight is 268 g/mol. The van der Waals surface area contributed by atoms with Crippen LogP contribution in [0.5, 0.6) is 5.75 Å². The van der Waals surface area contributed by atoms with Crippen LogP contribution in [-0.2, 0) is 0 Å². The van der Waals surface area contributed by atoms with Gasteiger partial charge in [-0.3, -0.25) is 4.79 Å². The summed E-state index contributed by atoms with van der Waals surface area (Å²) in [5.74, 6) is 0.816. The Morgan fingerprint density at radius 2 is 1.79 bits per heavy atom. The number of benzene rings is 2. The van der Waals surface area contributed by atoms with Gasteiger partial charge >= 0.3 is 0 Å². The van der Waals surface area contributed by atoms with Gasteiger partial charge in [0.15, 0.2) is 0 Å². The summed E-state index contributed by atoms with van der Waals surface area (Å²) in [6, 6.07) is 17.2. The third-order valence-electron chi connectivity index (χ3n) is 3.00. The third kappa shape index (κ3) is 2.25. The van der Waals surface area contributed by atoms with Gasteiger partial charge in [-0.05, 0) is 41.8 Å². The smallest absolute Gasteiger partial charge is 0.202 e. The van der Waals surface area contributed by atoms with Crippen LogP contribution in [0.3, 0.4) is 0 Å². The van der Waals surface area contributed by atoms with Gasteiger partial charge in [0.05, 0.1) is 12.0 Å². The number of hydrogen-bond acceptors (Lipinski definition) is 3. The molecule has 0 spiro atoms. The van der Waals surface area contributed by atoms with Crippen molar-refractivity contribution in [3.05, 3.63) is 65.0 Å². The molecule has 0 atom stereocenters. The van der Waals surface area contributed by atoms with Gasteiger partial charge in [-0.15, -0.1) is 11.3 Å². The van der Waals surface area contributed by atoms with Crippen LogP contribution in [0, 0.1) is 0 Å². The Morgan fingerprint density at radius 3 is 2.47 bits per heavy atom. The highest BCUT2D eigenvalue weighted by Gasteiger charge is 2.12. The van der Waals surface area contributed by atoms with Crippen molar-refractivity contribution < 1.29 is 9.53 Å². The SMILES string of the molecule is COc1ccc(C(=O)c2cc3ccccc3s2)cc1. The Labute approximate surface area is 115 Å². The number of ketones is 1. The molecule has 0 aliphatic carbocycles. The lowest BCUT2D eigenvalue weighted by Crippen LogP contribution is -1.98. The van der Waals surface area contributed by atoms with Crippen molar-refractivity contribution in [1.82, 2.24) is 0 Å². The number of thiophene rings is 1. The van der Waals surface area contributed by atoms with Gasteiger partial charge < -0.3 is 4.74 Å². The molecule has 94 valence electrons. The summed E-state index contributed by atoms with van der Waals surface area (Å²) < 4.78 is 6.23. The van der Waals surface area contributed by atoms with Crippen LogP contribution in [0.1, 0.15) is 15.2 Å². The van der Waals surface area contributed by atoms with Crippen LogP contribution in [-0.4, -0.2) is 12.9 Å². The fraction of sp³-hybridized carbons (Fsp3) is 0.0625. The Kier molecular flexibility index (Phi) is 3.05. The van der Waals surface area contributed by atoms with Gasteiger partial charge in [-0.25, -0.2) is 0 Å². The first-order valence-electron chi connectivity index (χ1n) is 5.95. The molecule has 0 bridgehead atoms. The minimum absolute atomic E-state index is 0.0591. The van der Waals surface area contributed by atoms with E-state index in [1.807, 2.05) is 30.3 Å². The number of carbonyl (C=O) groups is 1. The van der Waals surface area contributed by atoms with Crippen LogP contribution in [0.4, 0.5) is 0 Å². The minimum atomic E-state index is 0.0591. The molecule has 2 aromatic carbocycles. The summed E-state index contributed by atoms with van der Waals surface area (Å²) in [6.07, 6.45) is 0. The number of ether oxygens (including phenoxy) is 1. The van der Waals surface area contributed by atoms with Crippen LogP contribution < -0.4 is 4.74 Å². The normalized spacial score (nSPS) is 10.6. The van der Waals surface area contributed by atoms with E-state index in [4.69, 9.17) is 4.74 Å². The van der Waals surface area contributed by atoms with E-state index in [1.54, 1.807) is 31.4 Å². The van der Waals surface area contributed by atoms with Gasteiger partial charge in [0, 0.05) is 10.3 Å². The number of carbonyl (C=O) groups excluding carboxylic acids is 1. The molecule has 3 rings (SSSR count). The maximum absolute atomic E-state index is 12.4. The predicted octanol–water partition coefficient (Wildman–Crippen LogP) is 4.14. The first-order chi connectivity index (χ1) is 9.28. The van der Waals surface area contributed by atoms with Crippen molar-refractivity contribution in [3.63, 3.8) is 0 Å². The van der Waals surface area contributed by atoms with Gasteiger partial charge in [-0.2, -0.15) is 0 Å². The second-order valence-corrected chi connectivity index (χ2v) is 5.29. The average Bonchev–Trinajstić information content (AvgIpc) is 2.90. The van der Waals surface area contributed by atoms with E-state index in [-0.39, 0.29) is 5.78 Å². The molecule has 19 heavy (non-hydrogen) atoms. The zero-order chi connectivity index (χ0) is 13.2. The van der Waals surface area contributed by atoms with Gasteiger partial charge in [0.2, 0.25) is 5.78 Å². The molecule has 0 aliphatic rings. The molecule has 1 heterocycles. The zero-order valence-corrected chi connectivity index (χ0v) is 11.2. The van der Waals surface area contributed by atoms with Gasteiger partial charge in [0.25, 0.3) is 0 Å². The summed E-state index contributed by atoms with van der Waals surface area (Å²) in [5.41, 5.74) is 0.687. The van der Waals surface area contributed by atoms with Crippen molar-refractivity contribution in [2.45, 2.75) is 0 Å². The lowest BCUT2D eigenvalue weighted by atomic mass is 10.1. The fourth-order valence-corrected chi connectivity index (χ4v) is 3.00. The largest absolute Gasteiger partial charge is 0.497 e. The second kappa shape index (κ2) is 4.86. The molecule has 2 nitrogen and oxygen atoms in total. The van der Waals surface area contributed by atoms with Crippen LogP contribution in [0.25, 0.3) is 10.1 Å². The van der Waals surface area contributed by atoms with Crippen LogP contribution >= 0.6 is 11.3 Å². The Morgan fingerprint density at radius 1 is 1.05 bits per heavy atom. The van der Waals surface area contributed by atoms with Crippen molar-refractivity contribution >= 4 is 27.2 Å². The molecule has 3 heteroatoms. The predicted molar refractivity (Wildman–Crippen MR) is 78.3 cm³/mol. The molecule has 0 saturated carbocycles. The molecule has 1 aromatic heterocycles. The van der Waals surface area contributed by atoms with Crippen molar-refractivity contribution in [2.75, 3.05) is 7.11 Å². The molecule has 0 aliphatic heterocycles. The first kappa shape index (κ1) is 11.9. The van der Waals surface area contributed by atoms with Crippen molar-refractivity contribution in [2.24, 2.45) is 0 Å². The molecular formula is C16H12O2S. The molecule has 0 fully saturated rings. The monoisotopic (exact) mass is 268 g/mol.